The number of para-hydroxylation sites is 1. The summed E-state index contributed by atoms with van der Waals surface area (Å²) >= 11 is 2.06. The Hall–Kier alpha value is -7.66. The number of fused-ring (bicyclic) bond motifs is 14. The Morgan fingerprint density at radius 1 is 0.449 bits per heavy atom. The van der Waals surface area contributed by atoms with Crippen molar-refractivity contribution in [3.05, 3.63) is 279 Å². The van der Waals surface area contributed by atoms with Crippen molar-refractivity contribution in [2.45, 2.75) is 43.9 Å². The lowest BCUT2D eigenvalue weighted by Crippen LogP contribution is -2.60. The zero-order valence-electron chi connectivity index (χ0n) is 39.2. The Balaban J connectivity index is 1.13. The molecular formula is C65H49BN2S. The SMILES string of the molecule is Cc1ccc(N2c3cccc4c3B(c3ccc(C(C)(C)C)cc3N4c3ccccc3)c3sc4c(c32)-c2ccccc2C42c3ccccc3C(c3ccccc3)(c3ccccc3)c3ccccc32)cc1. The third-order valence-electron chi connectivity index (χ3n) is 15.8. The second-order valence-corrected chi connectivity index (χ2v) is 21.4. The average Bonchev–Trinajstić information content (AvgIpc) is 3.91. The van der Waals surface area contributed by atoms with Crippen molar-refractivity contribution < 1.29 is 0 Å². The molecule has 328 valence electrons. The highest BCUT2D eigenvalue weighted by Gasteiger charge is 2.59. The summed E-state index contributed by atoms with van der Waals surface area (Å²) in [5.74, 6) is 0. The van der Waals surface area contributed by atoms with Gasteiger partial charge >= 0.3 is 0 Å². The maximum Gasteiger partial charge on any atom is 0.264 e. The molecule has 4 heteroatoms. The fourth-order valence-corrected chi connectivity index (χ4v) is 14.6. The van der Waals surface area contributed by atoms with Gasteiger partial charge in [0.15, 0.2) is 0 Å². The molecule has 9 aromatic carbocycles. The third-order valence-corrected chi connectivity index (χ3v) is 17.2. The van der Waals surface area contributed by atoms with Crippen LogP contribution in [0.1, 0.15) is 75.7 Å². The fourth-order valence-electron chi connectivity index (χ4n) is 13.0. The zero-order chi connectivity index (χ0) is 46.2. The number of hydrogen-bond acceptors (Lipinski definition) is 3. The lowest BCUT2D eigenvalue weighted by atomic mass is 9.36. The van der Waals surface area contributed by atoms with Crippen molar-refractivity contribution in [1.29, 1.82) is 0 Å². The van der Waals surface area contributed by atoms with Gasteiger partial charge in [0.2, 0.25) is 0 Å². The predicted molar refractivity (Wildman–Crippen MR) is 291 cm³/mol. The van der Waals surface area contributed by atoms with E-state index in [1.807, 2.05) is 0 Å². The van der Waals surface area contributed by atoms with Crippen LogP contribution in [0.2, 0.25) is 0 Å². The summed E-state index contributed by atoms with van der Waals surface area (Å²) in [6.45, 7) is 9.19. The minimum absolute atomic E-state index is 0.00139. The van der Waals surface area contributed by atoms with Crippen LogP contribution in [0.4, 0.5) is 34.1 Å². The van der Waals surface area contributed by atoms with Gasteiger partial charge in [-0.15, -0.1) is 11.3 Å². The second kappa shape index (κ2) is 14.7. The molecule has 14 rings (SSSR count). The van der Waals surface area contributed by atoms with Gasteiger partial charge in [-0.3, -0.25) is 0 Å². The van der Waals surface area contributed by atoms with Crippen LogP contribution in [0.15, 0.2) is 224 Å². The van der Waals surface area contributed by atoms with Gasteiger partial charge in [0.05, 0.1) is 16.5 Å². The van der Waals surface area contributed by atoms with E-state index in [4.69, 9.17) is 0 Å². The first-order valence-corrected chi connectivity index (χ1v) is 25.2. The number of benzene rings is 9. The number of rotatable bonds is 4. The van der Waals surface area contributed by atoms with Crippen LogP contribution in [-0.2, 0) is 16.2 Å². The van der Waals surface area contributed by atoms with E-state index in [1.54, 1.807) is 0 Å². The highest BCUT2D eigenvalue weighted by atomic mass is 32.1. The van der Waals surface area contributed by atoms with E-state index >= 15 is 0 Å². The van der Waals surface area contributed by atoms with Gasteiger partial charge in [0, 0.05) is 43.7 Å². The summed E-state index contributed by atoms with van der Waals surface area (Å²) in [6.07, 6.45) is 0. The van der Waals surface area contributed by atoms with Crippen LogP contribution in [0.25, 0.3) is 11.1 Å². The molecule has 0 atom stereocenters. The first kappa shape index (κ1) is 40.4. The molecule has 1 spiro atoms. The van der Waals surface area contributed by atoms with E-state index in [9.17, 15) is 0 Å². The molecule has 69 heavy (non-hydrogen) atoms. The molecule has 0 amide bonds. The molecule has 10 aromatic rings. The lowest BCUT2D eigenvalue weighted by molar-refractivity contribution is 0.590. The van der Waals surface area contributed by atoms with Crippen LogP contribution < -0.4 is 25.5 Å². The van der Waals surface area contributed by atoms with Crippen molar-refractivity contribution in [2.75, 3.05) is 9.80 Å². The lowest BCUT2D eigenvalue weighted by Gasteiger charge is -2.49. The Labute approximate surface area is 409 Å². The van der Waals surface area contributed by atoms with E-state index in [1.165, 1.54) is 116 Å². The molecule has 2 nitrogen and oxygen atoms in total. The van der Waals surface area contributed by atoms with Gasteiger partial charge in [0.25, 0.3) is 6.71 Å². The van der Waals surface area contributed by atoms with E-state index in [0.29, 0.717) is 0 Å². The zero-order valence-corrected chi connectivity index (χ0v) is 40.1. The molecule has 2 aliphatic carbocycles. The van der Waals surface area contributed by atoms with E-state index in [0.717, 1.165) is 0 Å². The standard InChI is InChI=1S/C65H49BN2S/c1-42-35-38-47(39-36-42)68-56-34-20-33-55-59(56)66(54-40-37-45(63(2,3)4)41-57(54)67(55)46-25-12-7-13-26-46)62-60(68)58-48-27-14-15-28-49(48)65(61(58)69-62)52-31-18-16-29-50(52)64(43-21-8-5-9-22-43,44-23-10-6-11-24-44)51-30-17-19-32-53(51)65/h5-41H,1-4H3. The quantitative estimate of drug-likeness (QED) is 0.162. The van der Waals surface area contributed by atoms with Gasteiger partial charge in [-0.05, 0) is 116 Å². The molecule has 0 unspecified atom stereocenters. The largest absolute Gasteiger partial charge is 0.311 e. The van der Waals surface area contributed by atoms with Crippen LogP contribution in [-0.4, -0.2) is 6.71 Å². The number of thiophene rings is 1. The van der Waals surface area contributed by atoms with Crippen LogP contribution >= 0.6 is 11.3 Å². The smallest absolute Gasteiger partial charge is 0.264 e. The molecule has 0 saturated heterocycles. The van der Waals surface area contributed by atoms with Gasteiger partial charge < -0.3 is 9.80 Å². The Kier molecular flexibility index (Phi) is 8.60. The Bertz CT molecular complexity index is 3590. The van der Waals surface area contributed by atoms with Crippen LogP contribution in [0.3, 0.4) is 0 Å². The van der Waals surface area contributed by atoms with Gasteiger partial charge in [-0.2, -0.15) is 0 Å². The molecule has 0 radical (unpaired) electrons. The molecule has 3 heterocycles. The normalized spacial score (nSPS) is 15.1. The van der Waals surface area contributed by atoms with Crippen molar-refractivity contribution in [1.82, 2.24) is 0 Å². The minimum atomic E-state index is -0.605. The molecular weight excluding hydrogens is 852 g/mol. The first-order valence-electron chi connectivity index (χ1n) is 24.4. The van der Waals surface area contributed by atoms with Gasteiger partial charge in [-0.1, -0.05) is 208 Å². The number of anilines is 6. The van der Waals surface area contributed by atoms with Crippen molar-refractivity contribution in [3.63, 3.8) is 0 Å². The Morgan fingerprint density at radius 3 is 1.55 bits per heavy atom. The summed E-state index contributed by atoms with van der Waals surface area (Å²) < 4.78 is 1.39. The molecule has 0 N–H and O–H groups in total. The average molecular weight is 901 g/mol. The van der Waals surface area contributed by atoms with Crippen LogP contribution in [0.5, 0.6) is 0 Å². The minimum Gasteiger partial charge on any atom is -0.311 e. The topological polar surface area (TPSA) is 6.48 Å². The first-order chi connectivity index (χ1) is 33.8. The highest BCUT2D eigenvalue weighted by molar-refractivity contribution is 7.30. The molecule has 1 aromatic heterocycles. The molecule has 4 aliphatic rings. The summed E-state index contributed by atoms with van der Waals surface area (Å²) in [7, 11) is 0. The van der Waals surface area contributed by atoms with Gasteiger partial charge in [0.1, 0.15) is 0 Å². The summed E-state index contributed by atoms with van der Waals surface area (Å²) in [5.41, 5.74) is 23.3. The van der Waals surface area contributed by atoms with Gasteiger partial charge in [-0.25, -0.2) is 0 Å². The number of hydrogen-bond donors (Lipinski definition) is 0. The molecule has 0 fully saturated rings. The fraction of sp³-hybridized carbons (Fsp3) is 0.108. The Morgan fingerprint density at radius 2 is 0.957 bits per heavy atom. The molecule has 2 aliphatic heterocycles. The number of aryl methyl sites for hydroxylation is 1. The monoisotopic (exact) mass is 900 g/mol. The summed E-state index contributed by atoms with van der Waals surface area (Å²) in [5, 5.41) is 0. The van der Waals surface area contributed by atoms with E-state index < -0.39 is 10.8 Å². The predicted octanol–water partition coefficient (Wildman–Crippen LogP) is 14.5. The second-order valence-electron chi connectivity index (χ2n) is 20.4. The molecule has 0 bridgehead atoms. The maximum atomic E-state index is 2.63. The summed E-state index contributed by atoms with van der Waals surface area (Å²) in [6, 6.07) is 85.4. The third kappa shape index (κ3) is 5.33. The summed E-state index contributed by atoms with van der Waals surface area (Å²) in [4.78, 5) is 6.57. The molecule has 0 saturated carbocycles. The van der Waals surface area contributed by atoms with Crippen molar-refractivity contribution >= 4 is 67.9 Å². The number of nitrogens with zero attached hydrogens (tertiary/aromatic N) is 2. The highest BCUT2D eigenvalue weighted by Crippen LogP contribution is 2.68. The van der Waals surface area contributed by atoms with Crippen molar-refractivity contribution in [2.24, 2.45) is 0 Å². The van der Waals surface area contributed by atoms with E-state index in [2.05, 4.69) is 273 Å². The maximum absolute atomic E-state index is 2.63. The van der Waals surface area contributed by atoms with E-state index in [-0.39, 0.29) is 12.1 Å². The van der Waals surface area contributed by atoms with Crippen LogP contribution in [0, 0.1) is 6.92 Å². The van der Waals surface area contributed by atoms with Crippen molar-refractivity contribution in [3.8, 4) is 11.1 Å².